The highest BCUT2D eigenvalue weighted by molar-refractivity contribution is 5.94. The lowest BCUT2D eigenvalue weighted by atomic mass is 9.98. The van der Waals surface area contributed by atoms with E-state index in [1.807, 2.05) is 60.4 Å². The molecule has 4 nitrogen and oxygen atoms in total. The first-order valence-electron chi connectivity index (χ1n) is 9.84. The number of likely N-dealkylation sites (tertiary alicyclic amines) is 1. The first-order chi connectivity index (χ1) is 13.2. The summed E-state index contributed by atoms with van der Waals surface area (Å²) >= 11 is 0. The molecule has 1 saturated heterocycles. The van der Waals surface area contributed by atoms with E-state index in [0.717, 1.165) is 42.8 Å². The zero-order chi connectivity index (χ0) is 19.1. The summed E-state index contributed by atoms with van der Waals surface area (Å²) in [6.45, 7) is 7.43. The number of hydrogen-bond donors (Lipinski definition) is 0. The number of carbonyl (C=O) groups excluding carboxylic acids is 1. The third-order valence-corrected chi connectivity index (χ3v) is 5.05. The first-order valence-corrected chi connectivity index (χ1v) is 9.84. The van der Waals surface area contributed by atoms with Gasteiger partial charge in [-0.1, -0.05) is 37.3 Å². The quantitative estimate of drug-likeness (QED) is 0.713. The summed E-state index contributed by atoms with van der Waals surface area (Å²) in [5, 5.41) is 0. The molecule has 2 aromatic rings. The van der Waals surface area contributed by atoms with E-state index < -0.39 is 0 Å². The van der Waals surface area contributed by atoms with Gasteiger partial charge in [0.25, 0.3) is 5.91 Å². The fourth-order valence-electron chi connectivity index (χ4n) is 3.37. The topological polar surface area (TPSA) is 38.8 Å². The van der Waals surface area contributed by atoms with E-state index >= 15 is 0 Å². The predicted molar refractivity (Wildman–Crippen MR) is 107 cm³/mol. The van der Waals surface area contributed by atoms with Crippen LogP contribution in [0.15, 0.2) is 48.5 Å². The van der Waals surface area contributed by atoms with Crippen LogP contribution in [0.5, 0.6) is 5.75 Å². The molecule has 0 radical (unpaired) electrons. The molecule has 0 saturated carbocycles. The van der Waals surface area contributed by atoms with Crippen LogP contribution in [0.1, 0.15) is 48.2 Å². The lowest BCUT2D eigenvalue weighted by Gasteiger charge is -2.30. The minimum atomic E-state index is 0.106. The van der Waals surface area contributed by atoms with Gasteiger partial charge in [-0.05, 0) is 49.4 Å². The van der Waals surface area contributed by atoms with Crippen molar-refractivity contribution in [1.82, 2.24) is 4.90 Å². The van der Waals surface area contributed by atoms with Crippen LogP contribution in [0, 0.1) is 5.92 Å². The van der Waals surface area contributed by atoms with Gasteiger partial charge in [-0.3, -0.25) is 4.79 Å². The van der Waals surface area contributed by atoms with Gasteiger partial charge in [0.05, 0.1) is 19.8 Å². The molecular formula is C23H29NO3. The predicted octanol–water partition coefficient (Wildman–Crippen LogP) is 4.67. The molecule has 1 amide bonds. The van der Waals surface area contributed by atoms with Crippen LogP contribution in [0.3, 0.4) is 0 Å². The number of benzene rings is 2. The number of amides is 1. The van der Waals surface area contributed by atoms with Gasteiger partial charge in [0.15, 0.2) is 0 Å². The largest absolute Gasteiger partial charge is 0.494 e. The molecule has 0 atom stereocenters. The Labute approximate surface area is 162 Å². The van der Waals surface area contributed by atoms with Crippen molar-refractivity contribution in [3.8, 4) is 5.75 Å². The van der Waals surface area contributed by atoms with E-state index in [4.69, 9.17) is 9.47 Å². The Morgan fingerprint density at radius 1 is 1.07 bits per heavy atom. The van der Waals surface area contributed by atoms with Crippen LogP contribution in [-0.2, 0) is 18.0 Å². The van der Waals surface area contributed by atoms with Crippen molar-refractivity contribution >= 4 is 5.91 Å². The Morgan fingerprint density at radius 3 is 2.52 bits per heavy atom. The summed E-state index contributed by atoms with van der Waals surface area (Å²) in [4.78, 5) is 14.8. The smallest absolute Gasteiger partial charge is 0.253 e. The number of rotatable bonds is 7. The molecule has 0 bridgehead atoms. The standard InChI is InChI=1S/C23H29NO3/c1-3-27-22-10-9-20(23(25)24-13-11-18(2)12-14-24)15-21(22)17-26-16-19-7-5-4-6-8-19/h4-10,15,18H,3,11-14,16-17H2,1-2H3. The second-order valence-electron chi connectivity index (χ2n) is 7.21. The van der Waals surface area contributed by atoms with Gasteiger partial charge < -0.3 is 14.4 Å². The first kappa shape index (κ1) is 19.4. The Bertz CT molecular complexity index is 737. The van der Waals surface area contributed by atoms with Gasteiger partial charge in [0.2, 0.25) is 0 Å². The van der Waals surface area contributed by atoms with Crippen LogP contribution in [0.25, 0.3) is 0 Å². The summed E-state index contributed by atoms with van der Waals surface area (Å²) in [5.41, 5.74) is 2.76. The number of piperidine rings is 1. The summed E-state index contributed by atoms with van der Waals surface area (Å²) in [6, 6.07) is 15.8. The summed E-state index contributed by atoms with van der Waals surface area (Å²) in [7, 11) is 0. The zero-order valence-electron chi connectivity index (χ0n) is 16.3. The molecule has 144 valence electrons. The average Bonchev–Trinajstić information content (AvgIpc) is 2.70. The highest BCUT2D eigenvalue weighted by Gasteiger charge is 2.22. The highest BCUT2D eigenvalue weighted by Crippen LogP contribution is 2.24. The highest BCUT2D eigenvalue weighted by atomic mass is 16.5. The lowest BCUT2D eigenvalue weighted by Crippen LogP contribution is -2.37. The summed E-state index contributed by atoms with van der Waals surface area (Å²) in [6.07, 6.45) is 2.16. The molecule has 0 aliphatic carbocycles. The maximum absolute atomic E-state index is 12.9. The number of nitrogens with zero attached hydrogens (tertiary/aromatic N) is 1. The van der Waals surface area contributed by atoms with Crippen molar-refractivity contribution in [2.75, 3.05) is 19.7 Å². The molecule has 4 heteroatoms. The van der Waals surface area contributed by atoms with E-state index in [2.05, 4.69) is 6.92 Å². The lowest BCUT2D eigenvalue weighted by molar-refractivity contribution is 0.0696. The normalized spacial score (nSPS) is 15.0. The van der Waals surface area contributed by atoms with Gasteiger partial charge in [0, 0.05) is 24.2 Å². The van der Waals surface area contributed by atoms with Crippen molar-refractivity contribution < 1.29 is 14.3 Å². The van der Waals surface area contributed by atoms with Gasteiger partial charge >= 0.3 is 0 Å². The molecule has 0 N–H and O–H groups in total. The maximum atomic E-state index is 12.9. The van der Waals surface area contributed by atoms with Crippen molar-refractivity contribution in [1.29, 1.82) is 0 Å². The molecule has 0 unspecified atom stereocenters. The number of carbonyl (C=O) groups is 1. The Hall–Kier alpha value is -2.33. The fourth-order valence-corrected chi connectivity index (χ4v) is 3.37. The average molecular weight is 367 g/mol. The molecule has 3 rings (SSSR count). The Balaban J connectivity index is 1.69. The van der Waals surface area contributed by atoms with Gasteiger partial charge in [-0.25, -0.2) is 0 Å². The molecule has 1 aliphatic rings. The van der Waals surface area contributed by atoms with E-state index in [0.29, 0.717) is 31.3 Å². The monoisotopic (exact) mass is 367 g/mol. The van der Waals surface area contributed by atoms with Crippen LogP contribution in [0.2, 0.25) is 0 Å². The molecule has 2 aromatic carbocycles. The van der Waals surface area contributed by atoms with Gasteiger partial charge in [-0.15, -0.1) is 0 Å². The Kier molecular flexibility index (Phi) is 6.88. The molecule has 1 fully saturated rings. The van der Waals surface area contributed by atoms with E-state index in [1.54, 1.807) is 0 Å². The van der Waals surface area contributed by atoms with Gasteiger partial charge in [-0.2, -0.15) is 0 Å². The van der Waals surface area contributed by atoms with Crippen molar-refractivity contribution in [2.24, 2.45) is 5.92 Å². The summed E-state index contributed by atoms with van der Waals surface area (Å²) in [5.74, 6) is 1.60. The van der Waals surface area contributed by atoms with Crippen LogP contribution < -0.4 is 4.74 Å². The van der Waals surface area contributed by atoms with Crippen molar-refractivity contribution in [3.05, 3.63) is 65.2 Å². The minimum absolute atomic E-state index is 0.106. The van der Waals surface area contributed by atoms with E-state index in [9.17, 15) is 4.79 Å². The van der Waals surface area contributed by atoms with E-state index in [-0.39, 0.29) is 5.91 Å². The Morgan fingerprint density at radius 2 is 1.81 bits per heavy atom. The van der Waals surface area contributed by atoms with Crippen molar-refractivity contribution in [3.63, 3.8) is 0 Å². The zero-order valence-corrected chi connectivity index (χ0v) is 16.3. The van der Waals surface area contributed by atoms with Crippen LogP contribution in [0.4, 0.5) is 0 Å². The molecule has 1 heterocycles. The minimum Gasteiger partial charge on any atom is -0.494 e. The SMILES string of the molecule is CCOc1ccc(C(=O)N2CCC(C)CC2)cc1COCc1ccccc1. The third-order valence-electron chi connectivity index (χ3n) is 5.05. The molecular weight excluding hydrogens is 338 g/mol. The molecule has 0 spiro atoms. The van der Waals surface area contributed by atoms with Crippen LogP contribution in [-0.4, -0.2) is 30.5 Å². The molecule has 27 heavy (non-hydrogen) atoms. The van der Waals surface area contributed by atoms with E-state index in [1.165, 1.54) is 0 Å². The second-order valence-corrected chi connectivity index (χ2v) is 7.21. The fraction of sp³-hybridized carbons (Fsp3) is 0.435. The van der Waals surface area contributed by atoms with Crippen molar-refractivity contribution in [2.45, 2.75) is 39.9 Å². The second kappa shape index (κ2) is 9.56. The molecule has 1 aliphatic heterocycles. The maximum Gasteiger partial charge on any atom is 0.253 e. The molecule has 0 aromatic heterocycles. The van der Waals surface area contributed by atoms with Crippen LogP contribution >= 0.6 is 0 Å². The van der Waals surface area contributed by atoms with Gasteiger partial charge in [0.1, 0.15) is 5.75 Å². The number of hydrogen-bond acceptors (Lipinski definition) is 3. The number of ether oxygens (including phenoxy) is 2. The summed E-state index contributed by atoms with van der Waals surface area (Å²) < 4.78 is 11.6. The third kappa shape index (κ3) is 5.33.